The summed E-state index contributed by atoms with van der Waals surface area (Å²) in [6.07, 6.45) is 0. The van der Waals surface area contributed by atoms with E-state index in [1.165, 1.54) is 6.92 Å². The van der Waals surface area contributed by atoms with E-state index < -0.39 is 0 Å². The molecule has 0 amide bonds. The number of benzene rings is 1. The van der Waals surface area contributed by atoms with Crippen LogP contribution in [-0.2, 0) is 0 Å². The van der Waals surface area contributed by atoms with E-state index in [0.717, 1.165) is 5.56 Å². The number of hydrogen-bond acceptors (Lipinski definition) is 4. The summed E-state index contributed by atoms with van der Waals surface area (Å²) in [7, 11) is 0. The van der Waals surface area contributed by atoms with Crippen LogP contribution in [0, 0.1) is 6.92 Å². The van der Waals surface area contributed by atoms with Crippen molar-refractivity contribution in [1.29, 1.82) is 0 Å². The Balaban J connectivity index is 2.85. The van der Waals surface area contributed by atoms with Crippen LogP contribution in [0.5, 0.6) is 0 Å². The number of rotatable bonds is 1. The fourth-order valence-corrected chi connectivity index (χ4v) is 1.45. The van der Waals surface area contributed by atoms with Gasteiger partial charge in [0.25, 0.3) is 6.01 Å². The third-order valence-electron chi connectivity index (χ3n) is 2.03. The van der Waals surface area contributed by atoms with Crippen LogP contribution in [0.2, 0.25) is 0 Å². The largest absolute Gasteiger partial charge is 0.423 e. The number of fused-ring (bicyclic) bond motifs is 1. The van der Waals surface area contributed by atoms with Gasteiger partial charge < -0.3 is 10.2 Å². The van der Waals surface area contributed by atoms with Gasteiger partial charge in [0.05, 0.1) is 5.56 Å². The standard InChI is InChI=1S/C10H10N2O2/c1-5-3-7(6(2)13)9-8(4-5)12-10(11)14-9/h3-4H,1-2H3,(H2,11,12). The summed E-state index contributed by atoms with van der Waals surface area (Å²) in [5.41, 5.74) is 8.03. The van der Waals surface area contributed by atoms with Gasteiger partial charge in [-0.1, -0.05) is 0 Å². The first-order valence-electron chi connectivity index (χ1n) is 4.25. The molecule has 2 N–H and O–H groups in total. The molecule has 1 aromatic carbocycles. The molecule has 0 fully saturated rings. The number of oxazole rings is 1. The number of ketones is 1. The van der Waals surface area contributed by atoms with Crippen molar-refractivity contribution in [2.24, 2.45) is 0 Å². The molecule has 0 radical (unpaired) electrons. The molecule has 0 aliphatic carbocycles. The normalized spacial score (nSPS) is 10.7. The summed E-state index contributed by atoms with van der Waals surface area (Å²) in [5, 5.41) is 0. The van der Waals surface area contributed by atoms with Gasteiger partial charge in [-0.25, -0.2) is 0 Å². The predicted octanol–water partition coefficient (Wildman–Crippen LogP) is 1.92. The van der Waals surface area contributed by atoms with Crippen LogP contribution in [0.1, 0.15) is 22.8 Å². The van der Waals surface area contributed by atoms with Crippen LogP contribution >= 0.6 is 0 Å². The van der Waals surface area contributed by atoms with Gasteiger partial charge in [-0.05, 0) is 31.5 Å². The maximum absolute atomic E-state index is 11.3. The third-order valence-corrected chi connectivity index (χ3v) is 2.03. The van der Waals surface area contributed by atoms with E-state index in [0.29, 0.717) is 16.7 Å². The molecular weight excluding hydrogens is 180 g/mol. The number of aryl methyl sites for hydroxylation is 1. The molecule has 0 bridgehead atoms. The molecule has 1 heterocycles. The van der Waals surface area contributed by atoms with Gasteiger partial charge >= 0.3 is 0 Å². The van der Waals surface area contributed by atoms with Crippen molar-refractivity contribution in [1.82, 2.24) is 4.98 Å². The average Bonchev–Trinajstić information content (AvgIpc) is 2.42. The summed E-state index contributed by atoms with van der Waals surface area (Å²) >= 11 is 0. The molecule has 0 saturated heterocycles. The van der Waals surface area contributed by atoms with Crippen molar-refractivity contribution in [3.63, 3.8) is 0 Å². The minimum Gasteiger partial charge on any atom is -0.423 e. The maximum Gasteiger partial charge on any atom is 0.293 e. The third kappa shape index (κ3) is 1.25. The molecule has 0 saturated carbocycles. The average molecular weight is 190 g/mol. The Morgan fingerprint density at radius 1 is 1.50 bits per heavy atom. The van der Waals surface area contributed by atoms with Crippen molar-refractivity contribution >= 4 is 22.9 Å². The van der Waals surface area contributed by atoms with Crippen LogP contribution in [0.4, 0.5) is 6.01 Å². The zero-order valence-corrected chi connectivity index (χ0v) is 8.00. The molecular formula is C10H10N2O2. The van der Waals surface area contributed by atoms with Crippen molar-refractivity contribution in [3.05, 3.63) is 23.3 Å². The van der Waals surface area contributed by atoms with Crippen LogP contribution in [0.15, 0.2) is 16.5 Å². The second-order valence-electron chi connectivity index (χ2n) is 3.27. The number of nitrogen functional groups attached to an aromatic ring is 1. The molecule has 72 valence electrons. The Labute approximate surface area is 80.7 Å². The monoisotopic (exact) mass is 190 g/mol. The molecule has 0 aliphatic rings. The van der Waals surface area contributed by atoms with Gasteiger partial charge in [0.15, 0.2) is 11.4 Å². The van der Waals surface area contributed by atoms with Gasteiger partial charge in [-0.15, -0.1) is 0 Å². The fraction of sp³-hybridized carbons (Fsp3) is 0.200. The van der Waals surface area contributed by atoms with E-state index in [4.69, 9.17) is 10.2 Å². The number of carbonyl (C=O) groups is 1. The molecule has 4 nitrogen and oxygen atoms in total. The van der Waals surface area contributed by atoms with Gasteiger partial charge in [0, 0.05) is 0 Å². The highest BCUT2D eigenvalue weighted by molar-refractivity contribution is 6.04. The van der Waals surface area contributed by atoms with Gasteiger partial charge in [-0.2, -0.15) is 4.98 Å². The van der Waals surface area contributed by atoms with E-state index in [1.54, 1.807) is 6.07 Å². The smallest absolute Gasteiger partial charge is 0.293 e. The first-order valence-corrected chi connectivity index (χ1v) is 4.25. The Morgan fingerprint density at radius 2 is 2.21 bits per heavy atom. The molecule has 0 unspecified atom stereocenters. The lowest BCUT2D eigenvalue weighted by molar-refractivity contribution is 0.101. The first kappa shape index (κ1) is 8.74. The summed E-state index contributed by atoms with van der Waals surface area (Å²) in [4.78, 5) is 15.3. The Hall–Kier alpha value is -1.84. The lowest BCUT2D eigenvalue weighted by Gasteiger charge is -1.97. The quantitative estimate of drug-likeness (QED) is 0.697. The van der Waals surface area contributed by atoms with Gasteiger partial charge in [0.2, 0.25) is 0 Å². The molecule has 14 heavy (non-hydrogen) atoms. The number of carbonyl (C=O) groups excluding carboxylic acids is 1. The number of Topliss-reactive ketones (excluding diaryl/α,β-unsaturated/α-hetero) is 1. The van der Waals surface area contributed by atoms with Crippen molar-refractivity contribution < 1.29 is 9.21 Å². The second-order valence-corrected chi connectivity index (χ2v) is 3.27. The SMILES string of the molecule is CC(=O)c1cc(C)cc2nc(N)oc12. The van der Waals surface area contributed by atoms with Crippen LogP contribution in [0.3, 0.4) is 0 Å². The van der Waals surface area contributed by atoms with E-state index in [9.17, 15) is 4.79 Å². The van der Waals surface area contributed by atoms with E-state index in [2.05, 4.69) is 4.98 Å². The van der Waals surface area contributed by atoms with Crippen LogP contribution in [-0.4, -0.2) is 10.8 Å². The van der Waals surface area contributed by atoms with E-state index >= 15 is 0 Å². The number of aromatic nitrogens is 1. The van der Waals surface area contributed by atoms with Crippen LogP contribution < -0.4 is 5.73 Å². The first-order chi connectivity index (χ1) is 6.58. The van der Waals surface area contributed by atoms with E-state index in [1.807, 2.05) is 13.0 Å². The molecule has 0 atom stereocenters. The maximum atomic E-state index is 11.3. The van der Waals surface area contributed by atoms with Gasteiger partial charge in [0.1, 0.15) is 5.52 Å². The Bertz CT molecular complexity index is 514. The van der Waals surface area contributed by atoms with Gasteiger partial charge in [-0.3, -0.25) is 4.79 Å². The molecule has 2 rings (SSSR count). The summed E-state index contributed by atoms with van der Waals surface area (Å²) in [5.74, 6) is -0.0464. The molecule has 0 aliphatic heterocycles. The summed E-state index contributed by atoms with van der Waals surface area (Å²) in [6, 6.07) is 3.70. The number of anilines is 1. The van der Waals surface area contributed by atoms with Crippen LogP contribution in [0.25, 0.3) is 11.1 Å². The molecule has 2 aromatic rings. The van der Waals surface area contributed by atoms with Crippen molar-refractivity contribution in [2.45, 2.75) is 13.8 Å². The highest BCUT2D eigenvalue weighted by Gasteiger charge is 2.12. The topological polar surface area (TPSA) is 69.1 Å². The summed E-state index contributed by atoms with van der Waals surface area (Å²) < 4.78 is 5.16. The molecule has 4 heteroatoms. The second kappa shape index (κ2) is 2.83. The number of nitrogens with zero attached hydrogens (tertiary/aromatic N) is 1. The lowest BCUT2D eigenvalue weighted by atomic mass is 10.1. The summed E-state index contributed by atoms with van der Waals surface area (Å²) in [6.45, 7) is 3.39. The zero-order valence-electron chi connectivity index (χ0n) is 8.00. The zero-order chi connectivity index (χ0) is 10.3. The number of nitrogens with two attached hydrogens (primary N) is 1. The Morgan fingerprint density at radius 3 is 2.86 bits per heavy atom. The lowest BCUT2D eigenvalue weighted by Crippen LogP contribution is -1.93. The highest BCUT2D eigenvalue weighted by atomic mass is 16.4. The Kier molecular flexibility index (Phi) is 1.77. The fourth-order valence-electron chi connectivity index (χ4n) is 1.45. The predicted molar refractivity (Wildman–Crippen MR) is 53.2 cm³/mol. The van der Waals surface area contributed by atoms with Crippen molar-refractivity contribution in [2.75, 3.05) is 5.73 Å². The minimum atomic E-state index is -0.0464. The number of hydrogen-bond donors (Lipinski definition) is 1. The molecule has 1 aromatic heterocycles. The molecule has 0 spiro atoms. The van der Waals surface area contributed by atoms with E-state index in [-0.39, 0.29) is 11.8 Å². The van der Waals surface area contributed by atoms with Crippen molar-refractivity contribution in [3.8, 4) is 0 Å². The minimum absolute atomic E-state index is 0.0464. The highest BCUT2D eigenvalue weighted by Crippen LogP contribution is 2.23.